The number of carboxylic acids is 1. The van der Waals surface area contributed by atoms with E-state index >= 15 is 0 Å². The molecule has 2 aliphatic rings. The summed E-state index contributed by atoms with van der Waals surface area (Å²) in [6.45, 7) is 6.17. The Balaban J connectivity index is 1.77. The van der Waals surface area contributed by atoms with Crippen LogP contribution in [-0.4, -0.2) is 32.8 Å². The van der Waals surface area contributed by atoms with E-state index in [1.807, 2.05) is 10.7 Å². The third kappa shape index (κ3) is 3.74. The molecule has 0 spiro atoms. The molecule has 1 heterocycles. The van der Waals surface area contributed by atoms with E-state index in [-0.39, 0.29) is 11.4 Å². The molecule has 1 aromatic rings. The monoisotopic (exact) mass is 319 g/mol. The molecule has 1 aromatic heterocycles. The van der Waals surface area contributed by atoms with Gasteiger partial charge in [-0.3, -0.25) is 9.48 Å². The zero-order chi connectivity index (χ0) is 16.8. The van der Waals surface area contributed by atoms with Crippen molar-refractivity contribution in [2.45, 2.75) is 70.4 Å². The SMILES string of the molecule is CC(C)(C)n1nc(C(=O)NC(CC2CC2)C(=O)O)cc1C1CC1. The lowest BCUT2D eigenvalue weighted by atomic mass is 10.1. The predicted octanol–water partition coefficient (Wildman–Crippen LogP) is 2.50. The lowest BCUT2D eigenvalue weighted by Gasteiger charge is -2.22. The molecule has 1 amide bonds. The molecule has 0 saturated heterocycles. The van der Waals surface area contributed by atoms with Gasteiger partial charge >= 0.3 is 5.97 Å². The fourth-order valence-electron chi connectivity index (χ4n) is 2.85. The van der Waals surface area contributed by atoms with E-state index in [0.717, 1.165) is 31.4 Å². The second-order valence-electron chi connectivity index (χ2n) is 7.85. The van der Waals surface area contributed by atoms with Crippen LogP contribution in [0.4, 0.5) is 0 Å². The second kappa shape index (κ2) is 5.65. The average molecular weight is 319 g/mol. The van der Waals surface area contributed by atoms with Gasteiger partial charge in [0.15, 0.2) is 0 Å². The maximum atomic E-state index is 12.4. The number of hydrogen-bond acceptors (Lipinski definition) is 3. The summed E-state index contributed by atoms with van der Waals surface area (Å²) in [7, 11) is 0. The molecular formula is C17H25N3O3. The van der Waals surface area contributed by atoms with Gasteiger partial charge in [0.25, 0.3) is 5.91 Å². The van der Waals surface area contributed by atoms with E-state index in [1.54, 1.807) is 0 Å². The van der Waals surface area contributed by atoms with Crippen molar-refractivity contribution in [3.8, 4) is 0 Å². The Morgan fingerprint density at radius 3 is 2.48 bits per heavy atom. The standard InChI is InChI=1S/C17H25N3O3/c1-17(2,3)20-14(11-6-7-11)9-12(19-20)15(21)18-13(16(22)23)8-10-4-5-10/h9-11,13H,4-8H2,1-3H3,(H,18,21)(H,22,23). The van der Waals surface area contributed by atoms with Crippen LogP contribution < -0.4 is 5.32 Å². The summed E-state index contributed by atoms with van der Waals surface area (Å²) in [6.07, 6.45) is 4.88. The van der Waals surface area contributed by atoms with E-state index in [2.05, 4.69) is 31.2 Å². The molecule has 1 unspecified atom stereocenters. The molecule has 6 heteroatoms. The van der Waals surface area contributed by atoms with Gasteiger partial charge in [0.1, 0.15) is 11.7 Å². The highest BCUT2D eigenvalue weighted by Crippen LogP contribution is 2.41. The number of nitrogens with one attached hydrogen (secondary N) is 1. The van der Waals surface area contributed by atoms with Crippen molar-refractivity contribution in [3.63, 3.8) is 0 Å². The predicted molar refractivity (Wildman–Crippen MR) is 85.4 cm³/mol. The van der Waals surface area contributed by atoms with Crippen LogP contribution in [0.2, 0.25) is 0 Å². The summed E-state index contributed by atoms with van der Waals surface area (Å²) < 4.78 is 1.91. The van der Waals surface area contributed by atoms with Crippen molar-refractivity contribution < 1.29 is 14.7 Å². The fraction of sp³-hybridized carbons (Fsp3) is 0.706. The highest BCUT2D eigenvalue weighted by atomic mass is 16.4. The lowest BCUT2D eigenvalue weighted by molar-refractivity contribution is -0.139. The average Bonchev–Trinajstić information content (AvgIpc) is 3.36. The van der Waals surface area contributed by atoms with Gasteiger partial charge in [-0.25, -0.2) is 4.79 Å². The molecule has 23 heavy (non-hydrogen) atoms. The van der Waals surface area contributed by atoms with Crippen molar-refractivity contribution >= 4 is 11.9 Å². The molecule has 2 saturated carbocycles. The minimum Gasteiger partial charge on any atom is -0.480 e. The largest absolute Gasteiger partial charge is 0.480 e. The Bertz CT molecular complexity index is 622. The van der Waals surface area contributed by atoms with E-state index in [4.69, 9.17) is 0 Å². The summed E-state index contributed by atoms with van der Waals surface area (Å²) >= 11 is 0. The van der Waals surface area contributed by atoms with Crippen molar-refractivity contribution in [3.05, 3.63) is 17.5 Å². The Kier molecular flexibility index (Phi) is 3.94. The third-order valence-corrected chi connectivity index (χ3v) is 4.47. The van der Waals surface area contributed by atoms with Crippen LogP contribution >= 0.6 is 0 Å². The molecule has 2 aliphatic carbocycles. The molecule has 2 fully saturated rings. The number of hydrogen-bond donors (Lipinski definition) is 2. The molecule has 6 nitrogen and oxygen atoms in total. The molecule has 0 aromatic carbocycles. The Hall–Kier alpha value is -1.85. The van der Waals surface area contributed by atoms with Crippen LogP contribution in [0.3, 0.4) is 0 Å². The Morgan fingerprint density at radius 2 is 2.00 bits per heavy atom. The summed E-state index contributed by atoms with van der Waals surface area (Å²) in [5.41, 5.74) is 1.21. The van der Waals surface area contributed by atoms with Gasteiger partial charge in [0.2, 0.25) is 0 Å². The molecule has 126 valence electrons. The minimum atomic E-state index is -0.970. The molecule has 0 aliphatic heterocycles. The third-order valence-electron chi connectivity index (χ3n) is 4.47. The van der Waals surface area contributed by atoms with E-state index in [1.165, 1.54) is 0 Å². The molecule has 3 rings (SSSR count). The number of nitrogens with zero attached hydrogens (tertiary/aromatic N) is 2. The van der Waals surface area contributed by atoms with Gasteiger partial charge in [-0.2, -0.15) is 5.10 Å². The number of rotatable bonds is 6. The van der Waals surface area contributed by atoms with Crippen LogP contribution in [0.1, 0.15) is 75.0 Å². The fourth-order valence-corrected chi connectivity index (χ4v) is 2.85. The molecular weight excluding hydrogens is 294 g/mol. The van der Waals surface area contributed by atoms with Crippen LogP contribution in [-0.2, 0) is 10.3 Å². The maximum Gasteiger partial charge on any atom is 0.326 e. The van der Waals surface area contributed by atoms with Crippen LogP contribution in [0.15, 0.2) is 6.07 Å². The number of carboxylic acid groups (broad SMARTS) is 1. The van der Waals surface area contributed by atoms with Gasteiger partial charge in [0, 0.05) is 11.6 Å². The number of carbonyl (C=O) groups is 2. The Morgan fingerprint density at radius 1 is 1.35 bits per heavy atom. The first-order chi connectivity index (χ1) is 10.8. The van der Waals surface area contributed by atoms with Gasteiger partial charge in [-0.15, -0.1) is 0 Å². The zero-order valence-corrected chi connectivity index (χ0v) is 14.0. The first-order valence-corrected chi connectivity index (χ1v) is 8.40. The number of amides is 1. The molecule has 0 bridgehead atoms. The number of aliphatic carboxylic acids is 1. The number of aromatic nitrogens is 2. The van der Waals surface area contributed by atoms with Crippen molar-refractivity contribution in [2.24, 2.45) is 5.92 Å². The van der Waals surface area contributed by atoms with E-state index < -0.39 is 12.0 Å². The van der Waals surface area contributed by atoms with Gasteiger partial charge in [-0.05, 0) is 52.0 Å². The number of carbonyl (C=O) groups excluding carboxylic acids is 1. The normalized spacial score (nSPS) is 19.4. The highest BCUT2D eigenvalue weighted by Gasteiger charge is 2.34. The van der Waals surface area contributed by atoms with E-state index in [9.17, 15) is 14.7 Å². The summed E-state index contributed by atoms with van der Waals surface area (Å²) in [6, 6.07) is 1.01. The highest BCUT2D eigenvalue weighted by molar-refractivity contribution is 5.95. The summed E-state index contributed by atoms with van der Waals surface area (Å²) in [4.78, 5) is 23.8. The van der Waals surface area contributed by atoms with Gasteiger partial charge in [0.05, 0.1) is 5.54 Å². The molecule has 2 N–H and O–H groups in total. The second-order valence-corrected chi connectivity index (χ2v) is 7.85. The maximum absolute atomic E-state index is 12.4. The summed E-state index contributed by atoms with van der Waals surface area (Å²) in [5.74, 6) is -0.443. The smallest absolute Gasteiger partial charge is 0.326 e. The van der Waals surface area contributed by atoms with Crippen LogP contribution in [0.5, 0.6) is 0 Å². The molecule has 1 atom stereocenters. The Labute approximate surface area is 136 Å². The van der Waals surface area contributed by atoms with Crippen molar-refractivity contribution in [1.29, 1.82) is 0 Å². The van der Waals surface area contributed by atoms with Crippen molar-refractivity contribution in [2.75, 3.05) is 0 Å². The minimum absolute atomic E-state index is 0.198. The van der Waals surface area contributed by atoms with Gasteiger partial charge < -0.3 is 10.4 Å². The first kappa shape index (κ1) is 16.0. The molecule has 0 radical (unpaired) electrons. The van der Waals surface area contributed by atoms with Crippen molar-refractivity contribution in [1.82, 2.24) is 15.1 Å². The quantitative estimate of drug-likeness (QED) is 0.844. The zero-order valence-electron chi connectivity index (χ0n) is 14.0. The van der Waals surface area contributed by atoms with Crippen LogP contribution in [0.25, 0.3) is 0 Å². The first-order valence-electron chi connectivity index (χ1n) is 8.40. The summed E-state index contributed by atoms with van der Waals surface area (Å²) in [5, 5.41) is 16.4. The van der Waals surface area contributed by atoms with E-state index in [0.29, 0.717) is 24.0 Å². The van der Waals surface area contributed by atoms with Crippen LogP contribution in [0, 0.1) is 5.92 Å². The van der Waals surface area contributed by atoms with Gasteiger partial charge in [-0.1, -0.05) is 12.8 Å². The topological polar surface area (TPSA) is 84.2 Å². The lowest BCUT2D eigenvalue weighted by Crippen LogP contribution is -2.41.